The Hall–Kier alpha value is -1.73. The lowest BCUT2D eigenvalue weighted by molar-refractivity contribution is -0.114. The van der Waals surface area contributed by atoms with Crippen LogP contribution in [0, 0.1) is 0 Å². The number of nitrogens with one attached hydrogen (secondary N) is 1. The highest BCUT2D eigenvalue weighted by molar-refractivity contribution is 9.10. The van der Waals surface area contributed by atoms with Crippen LogP contribution in [0.25, 0.3) is 0 Å². The van der Waals surface area contributed by atoms with Crippen molar-refractivity contribution in [3.8, 4) is 0 Å². The Morgan fingerprint density at radius 3 is 2.95 bits per heavy atom. The number of halogens is 1. The van der Waals surface area contributed by atoms with Gasteiger partial charge in [-0.25, -0.2) is 4.98 Å². The van der Waals surface area contributed by atoms with E-state index < -0.39 is 0 Å². The molecular weight excluding hydrogens is 366 g/mol. The van der Waals surface area contributed by atoms with E-state index in [1.807, 2.05) is 29.2 Å². The van der Waals surface area contributed by atoms with Crippen LogP contribution >= 0.6 is 27.3 Å². The SMILES string of the molecule is CC(=O)Nc1nc2c(s1)CN(C(=O)c1cccc(Br)c1)CC2. The maximum atomic E-state index is 12.6. The molecular formula is C15H14BrN3O2S. The molecule has 7 heteroatoms. The van der Waals surface area contributed by atoms with Crippen molar-refractivity contribution < 1.29 is 9.59 Å². The van der Waals surface area contributed by atoms with Crippen molar-refractivity contribution in [3.05, 3.63) is 44.9 Å². The Balaban J connectivity index is 1.77. The normalized spacial score (nSPS) is 13.6. The molecule has 0 saturated heterocycles. The molecule has 2 amide bonds. The van der Waals surface area contributed by atoms with Crippen LogP contribution in [0.1, 0.15) is 27.9 Å². The molecule has 1 aliphatic heterocycles. The molecule has 0 saturated carbocycles. The van der Waals surface area contributed by atoms with Crippen LogP contribution in [-0.4, -0.2) is 28.2 Å². The second kappa shape index (κ2) is 6.18. The van der Waals surface area contributed by atoms with Gasteiger partial charge >= 0.3 is 0 Å². The first kappa shape index (κ1) is 15.2. The minimum atomic E-state index is -0.131. The molecule has 5 nitrogen and oxygen atoms in total. The summed E-state index contributed by atoms with van der Waals surface area (Å²) in [6.45, 7) is 2.64. The first-order chi connectivity index (χ1) is 10.5. The minimum Gasteiger partial charge on any atom is -0.333 e. The van der Waals surface area contributed by atoms with Gasteiger partial charge in [-0.3, -0.25) is 9.59 Å². The summed E-state index contributed by atoms with van der Waals surface area (Å²) in [6.07, 6.45) is 0.713. The average molecular weight is 380 g/mol. The van der Waals surface area contributed by atoms with Gasteiger partial charge in [0.1, 0.15) is 0 Å². The third-order valence-corrected chi connectivity index (χ3v) is 4.86. The summed E-state index contributed by atoms with van der Waals surface area (Å²) in [7, 11) is 0. The van der Waals surface area contributed by atoms with Crippen LogP contribution in [0.2, 0.25) is 0 Å². The summed E-state index contributed by atoms with van der Waals surface area (Å²) in [5, 5.41) is 3.31. The number of hydrogen-bond donors (Lipinski definition) is 1. The van der Waals surface area contributed by atoms with Gasteiger partial charge in [-0.05, 0) is 18.2 Å². The van der Waals surface area contributed by atoms with Crippen molar-refractivity contribution >= 4 is 44.2 Å². The number of amides is 2. The van der Waals surface area contributed by atoms with Crippen molar-refractivity contribution in [1.82, 2.24) is 9.88 Å². The van der Waals surface area contributed by atoms with Gasteiger partial charge in [0.05, 0.1) is 12.2 Å². The lowest BCUT2D eigenvalue weighted by Gasteiger charge is -2.26. The van der Waals surface area contributed by atoms with Crippen LogP contribution in [0.5, 0.6) is 0 Å². The third kappa shape index (κ3) is 3.20. The molecule has 0 fully saturated rings. The van der Waals surface area contributed by atoms with Gasteiger partial charge in [0.15, 0.2) is 5.13 Å². The van der Waals surface area contributed by atoms with Crippen LogP contribution in [0.4, 0.5) is 5.13 Å². The molecule has 0 aliphatic carbocycles. The summed E-state index contributed by atoms with van der Waals surface area (Å²) < 4.78 is 0.891. The van der Waals surface area contributed by atoms with Crippen molar-refractivity contribution in [2.75, 3.05) is 11.9 Å². The second-order valence-corrected chi connectivity index (χ2v) is 7.06. The number of carbonyl (C=O) groups is 2. The van der Waals surface area contributed by atoms with Crippen molar-refractivity contribution in [1.29, 1.82) is 0 Å². The first-order valence-electron chi connectivity index (χ1n) is 6.84. The van der Waals surface area contributed by atoms with Crippen LogP contribution in [-0.2, 0) is 17.8 Å². The maximum absolute atomic E-state index is 12.6. The number of fused-ring (bicyclic) bond motifs is 1. The van der Waals surface area contributed by atoms with E-state index in [4.69, 9.17) is 0 Å². The lowest BCUT2D eigenvalue weighted by atomic mass is 10.1. The molecule has 0 unspecified atom stereocenters. The summed E-state index contributed by atoms with van der Waals surface area (Å²) in [5.74, 6) is -0.116. The highest BCUT2D eigenvalue weighted by Crippen LogP contribution is 2.29. The molecule has 1 aliphatic rings. The monoisotopic (exact) mass is 379 g/mol. The van der Waals surface area contributed by atoms with Gasteiger partial charge in [0.2, 0.25) is 5.91 Å². The van der Waals surface area contributed by atoms with Crippen molar-refractivity contribution in [3.63, 3.8) is 0 Å². The number of carbonyl (C=O) groups excluding carboxylic acids is 2. The topological polar surface area (TPSA) is 62.3 Å². The van der Waals surface area contributed by atoms with Gasteiger partial charge in [0, 0.05) is 34.8 Å². The Labute approximate surface area is 140 Å². The van der Waals surface area contributed by atoms with Crippen LogP contribution < -0.4 is 5.32 Å². The number of thiazole rings is 1. The molecule has 1 aromatic heterocycles. The fourth-order valence-corrected chi connectivity index (χ4v) is 3.85. The molecule has 0 spiro atoms. The highest BCUT2D eigenvalue weighted by Gasteiger charge is 2.25. The van der Waals surface area contributed by atoms with E-state index in [2.05, 4.69) is 26.2 Å². The summed E-state index contributed by atoms with van der Waals surface area (Å²) in [4.78, 5) is 30.9. The van der Waals surface area contributed by atoms with Crippen LogP contribution in [0.15, 0.2) is 28.7 Å². The molecule has 0 bridgehead atoms. The molecule has 1 N–H and O–H groups in total. The number of hydrogen-bond acceptors (Lipinski definition) is 4. The van der Waals surface area contributed by atoms with E-state index in [0.717, 1.165) is 15.0 Å². The van der Waals surface area contributed by atoms with E-state index in [1.165, 1.54) is 18.3 Å². The van der Waals surface area contributed by atoms with Crippen molar-refractivity contribution in [2.24, 2.45) is 0 Å². The smallest absolute Gasteiger partial charge is 0.254 e. The van der Waals surface area contributed by atoms with Gasteiger partial charge < -0.3 is 10.2 Å². The molecule has 2 heterocycles. The maximum Gasteiger partial charge on any atom is 0.254 e. The zero-order valence-electron chi connectivity index (χ0n) is 11.9. The molecule has 0 atom stereocenters. The summed E-state index contributed by atoms with van der Waals surface area (Å²) >= 11 is 4.82. The van der Waals surface area contributed by atoms with Gasteiger partial charge in [-0.1, -0.05) is 33.3 Å². The molecule has 0 radical (unpaired) electrons. The number of benzene rings is 1. The first-order valence-corrected chi connectivity index (χ1v) is 8.45. The molecule has 3 rings (SSSR count). The zero-order valence-corrected chi connectivity index (χ0v) is 14.3. The number of aromatic nitrogens is 1. The van der Waals surface area contributed by atoms with E-state index in [9.17, 15) is 9.59 Å². The van der Waals surface area contributed by atoms with Gasteiger partial charge in [-0.15, -0.1) is 0 Å². The minimum absolute atomic E-state index is 0.0152. The highest BCUT2D eigenvalue weighted by atomic mass is 79.9. The Morgan fingerprint density at radius 2 is 2.23 bits per heavy atom. The number of nitrogens with zero attached hydrogens (tertiary/aromatic N) is 2. The van der Waals surface area contributed by atoms with Crippen LogP contribution in [0.3, 0.4) is 0 Å². The fourth-order valence-electron chi connectivity index (χ4n) is 2.38. The van der Waals surface area contributed by atoms with E-state index in [1.54, 1.807) is 0 Å². The summed E-state index contributed by atoms with van der Waals surface area (Å²) in [6, 6.07) is 7.40. The molecule has 22 heavy (non-hydrogen) atoms. The Morgan fingerprint density at radius 1 is 1.41 bits per heavy atom. The van der Waals surface area contributed by atoms with E-state index in [-0.39, 0.29) is 11.8 Å². The molecule has 114 valence electrons. The lowest BCUT2D eigenvalue weighted by Crippen LogP contribution is -2.35. The predicted octanol–water partition coefficient (Wildman–Crippen LogP) is 3.06. The second-order valence-electron chi connectivity index (χ2n) is 5.06. The fraction of sp³-hybridized carbons (Fsp3) is 0.267. The van der Waals surface area contributed by atoms with E-state index >= 15 is 0 Å². The van der Waals surface area contributed by atoms with Gasteiger partial charge in [0.25, 0.3) is 5.91 Å². The predicted molar refractivity (Wildman–Crippen MR) is 89.0 cm³/mol. The quantitative estimate of drug-likeness (QED) is 0.871. The standard InChI is InChI=1S/C15H14BrN3O2S/c1-9(20)17-15-18-12-5-6-19(8-13(12)22-15)14(21)10-3-2-4-11(16)7-10/h2-4,7H,5-6,8H2,1H3,(H,17,18,20). The third-order valence-electron chi connectivity index (χ3n) is 3.37. The van der Waals surface area contributed by atoms with Crippen molar-refractivity contribution in [2.45, 2.75) is 19.9 Å². The average Bonchev–Trinajstić information content (AvgIpc) is 2.86. The zero-order chi connectivity index (χ0) is 15.7. The largest absolute Gasteiger partial charge is 0.333 e. The van der Waals surface area contributed by atoms with Gasteiger partial charge in [-0.2, -0.15) is 0 Å². The number of anilines is 1. The van der Waals surface area contributed by atoms with E-state index in [0.29, 0.717) is 30.2 Å². The summed E-state index contributed by atoms with van der Waals surface area (Å²) in [5.41, 5.74) is 1.65. The number of rotatable bonds is 2. The molecule has 2 aromatic rings. The molecule has 1 aromatic carbocycles. The Kier molecular flexibility index (Phi) is 4.26. The Bertz CT molecular complexity index is 744.